The molecule has 2 heterocycles. The van der Waals surface area contributed by atoms with E-state index in [1.807, 2.05) is 6.92 Å². The lowest BCUT2D eigenvalue weighted by Gasteiger charge is -2.28. The maximum Gasteiger partial charge on any atom is 0.429 e. The number of hydrogen-bond donors (Lipinski definition) is 1. The van der Waals surface area contributed by atoms with Gasteiger partial charge in [-0.25, -0.2) is 23.3 Å². The summed E-state index contributed by atoms with van der Waals surface area (Å²) in [6.07, 6.45) is 1.91. The SMILES string of the molecule is CCCCOc1c(C(=O)NC)n(N(C)C(=O)OC(C)(C)C)cc(-c2nnc(Cc3ccc(F)cc3F)s2)c1=O. The third kappa shape index (κ3) is 7.16. The first kappa shape index (κ1) is 29.7. The fourth-order valence-electron chi connectivity index (χ4n) is 3.42. The van der Waals surface area contributed by atoms with E-state index in [0.29, 0.717) is 11.4 Å². The van der Waals surface area contributed by atoms with Crippen molar-refractivity contribution in [1.82, 2.24) is 20.2 Å². The standard InChI is InChI=1S/C26H31F2N5O5S/c1-7-8-11-37-22-20(23(35)29-5)33(32(6)25(36)38-26(2,3)4)14-17(21(22)34)24-31-30-19(39-24)12-15-9-10-16(27)13-18(15)28/h9-10,13-14H,7-8,11-12H2,1-6H3,(H,29,35). The Morgan fingerprint density at radius 3 is 2.54 bits per heavy atom. The average molecular weight is 564 g/mol. The second-order valence-corrected chi connectivity index (χ2v) is 10.7. The third-order valence-corrected chi connectivity index (χ3v) is 6.32. The Hall–Kier alpha value is -3.87. The van der Waals surface area contributed by atoms with Crippen LogP contribution in [0.1, 0.15) is 61.6 Å². The first-order valence-corrected chi connectivity index (χ1v) is 13.1. The number of hydrogen-bond acceptors (Lipinski definition) is 8. The second kappa shape index (κ2) is 12.3. The van der Waals surface area contributed by atoms with E-state index in [1.165, 1.54) is 31.0 Å². The lowest BCUT2D eigenvalue weighted by molar-refractivity contribution is 0.0548. The number of aromatic nitrogens is 3. The quantitative estimate of drug-likeness (QED) is 0.387. The van der Waals surface area contributed by atoms with E-state index in [4.69, 9.17) is 9.47 Å². The van der Waals surface area contributed by atoms with Gasteiger partial charge in [0, 0.05) is 32.8 Å². The fourth-order valence-corrected chi connectivity index (χ4v) is 4.29. The van der Waals surface area contributed by atoms with Crippen molar-refractivity contribution in [3.8, 4) is 16.3 Å². The summed E-state index contributed by atoms with van der Waals surface area (Å²) in [4.78, 5) is 39.5. The molecule has 3 aromatic rings. The Kier molecular flexibility index (Phi) is 9.38. The van der Waals surface area contributed by atoms with Gasteiger partial charge < -0.3 is 14.8 Å². The molecule has 1 aromatic carbocycles. The topological polar surface area (TPSA) is 116 Å². The number of pyridine rings is 1. The van der Waals surface area contributed by atoms with E-state index in [-0.39, 0.29) is 40.6 Å². The van der Waals surface area contributed by atoms with Gasteiger partial charge in [0.1, 0.15) is 22.2 Å². The number of amides is 2. The predicted molar refractivity (Wildman–Crippen MR) is 143 cm³/mol. The molecule has 10 nitrogen and oxygen atoms in total. The molecule has 13 heteroatoms. The summed E-state index contributed by atoms with van der Waals surface area (Å²) in [5, 5.41) is 12.2. The zero-order valence-corrected chi connectivity index (χ0v) is 23.4. The van der Waals surface area contributed by atoms with Crippen LogP contribution < -0.4 is 20.5 Å². The fraction of sp³-hybridized carbons (Fsp3) is 0.423. The highest BCUT2D eigenvalue weighted by Gasteiger charge is 2.29. The molecule has 0 saturated carbocycles. The van der Waals surface area contributed by atoms with Crippen molar-refractivity contribution >= 4 is 23.3 Å². The normalized spacial score (nSPS) is 11.3. The van der Waals surface area contributed by atoms with Crippen LogP contribution in [0.2, 0.25) is 0 Å². The summed E-state index contributed by atoms with van der Waals surface area (Å²) >= 11 is 1.02. The first-order chi connectivity index (χ1) is 18.4. The summed E-state index contributed by atoms with van der Waals surface area (Å²) in [5.41, 5.74) is -1.44. The van der Waals surface area contributed by atoms with Gasteiger partial charge in [0.15, 0.2) is 16.5 Å². The molecule has 0 atom stereocenters. The zero-order valence-electron chi connectivity index (χ0n) is 22.6. The van der Waals surface area contributed by atoms with Crippen molar-refractivity contribution in [2.24, 2.45) is 0 Å². The molecular formula is C26H31F2N5O5S. The Morgan fingerprint density at radius 2 is 1.92 bits per heavy atom. The van der Waals surface area contributed by atoms with Crippen LogP contribution in [0.5, 0.6) is 5.75 Å². The number of carbonyl (C=O) groups is 2. The van der Waals surface area contributed by atoms with Crippen molar-refractivity contribution in [3.05, 3.63) is 62.5 Å². The minimum Gasteiger partial charge on any atom is -0.487 e. The monoisotopic (exact) mass is 563 g/mol. The summed E-state index contributed by atoms with van der Waals surface area (Å²) in [6, 6.07) is 3.23. The van der Waals surface area contributed by atoms with Crippen molar-refractivity contribution in [2.45, 2.75) is 52.6 Å². The van der Waals surface area contributed by atoms with E-state index in [9.17, 15) is 23.2 Å². The molecule has 0 aliphatic rings. The zero-order chi connectivity index (χ0) is 28.9. The number of halogens is 2. The van der Waals surface area contributed by atoms with Gasteiger partial charge in [-0.3, -0.25) is 9.59 Å². The van der Waals surface area contributed by atoms with Crippen LogP contribution in [0.3, 0.4) is 0 Å². The number of ether oxygens (including phenoxy) is 2. The Labute approximate surface area is 228 Å². The minimum absolute atomic E-state index is 0.00730. The molecule has 3 rings (SSSR count). The number of rotatable bonds is 9. The molecule has 39 heavy (non-hydrogen) atoms. The molecule has 0 radical (unpaired) electrons. The van der Waals surface area contributed by atoms with Crippen molar-refractivity contribution in [3.63, 3.8) is 0 Å². The summed E-state index contributed by atoms with van der Waals surface area (Å²) in [7, 11) is 2.77. The number of benzene rings is 1. The maximum atomic E-state index is 14.2. The van der Waals surface area contributed by atoms with Crippen LogP contribution in [0, 0.1) is 11.6 Å². The molecular weight excluding hydrogens is 532 g/mol. The molecule has 0 bridgehead atoms. The highest BCUT2D eigenvalue weighted by atomic mass is 32.1. The van der Waals surface area contributed by atoms with Crippen LogP contribution in [0.4, 0.5) is 13.6 Å². The van der Waals surface area contributed by atoms with Crippen LogP contribution in [0.25, 0.3) is 10.6 Å². The molecule has 0 saturated heterocycles. The average Bonchev–Trinajstić information content (AvgIpc) is 3.33. The number of carbonyl (C=O) groups excluding carboxylic acids is 2. The lowest BCUT2D eigenvalue weighted by atomic mass is 10.1. The highest BCUT2D eigenvalue weighted by Crippen LogP contribution is 2.27. The van der Waals surface area contributed by atoms with E-state index in [1.54, 1.807) is 20.8 Å². The van der Waals surface area contributed by atoms with E-state index < -0.39 is 34.7 Å². The first-order valence-electron chi connectivity index (χ1n) is 12.2. The maximum absolute atomic E-state index is 14.2. The van der Waals surface area contributed by atoms with Gasteiger partial charge in [-0.1, -0.05) is 30.7 Å². The summed E-state index contributed by atoms with van der Waals surface area (Å²) in [5.74, 6) is -2.35. The van der Waals surface area contributed by atoms with Crippen molar-refractivity contribution < 1.29 is 27.8 Å². The molecule has 210 valence electrons. The summed E-state index contributed by atoms with van der Waals surface area (Å²) in [6.45, 7) is 7.19. The predicted octanol–water partition coefficient (Wildman–Crippen LogP) is 4.28. The molecule has 1 N–H and O–H groups in total. The Balaban J connectivity index is 2.15. The molecule has 0 unspecified atom stereocenters. The minimum atomic E-state index is -0.829. The van der Waals surface area contributed by atoms with Crippen molar-refractivity contribution in [2.75, 3.05) is 25.7 Å². The van der Waals surface area contributed by atoms with Gasteiger partial charge >= 0.3 is 6.09 Å². The van der Waals surface area contributed by atoms with E-state index >= 15 is 0 Å². The third-order valence-electron chi connectivity index (χ3n) is 5.37. The van der Waals surface area contributed by atoms with Crippen LogP contribution in [-0.4, -0.2) is 53.2 Å². The number of unbranched alkanes of at least 4 members (excludes halogenated alkanes) is 1. The van der Waals surface area contributed by atoms with Gasteiger partial charge in [0.2, 0.25) is 5.43 Å². The second-order valence-electron chi connectivity index (χ2n) is 9.59. The number of nitrogens with one attached hydrogen (secondary N) is 1. The van der Waals surface area contributed by atoms with E-state index in [2.05, 4.69) is 15.5 Å². The molecule has 2 amide bonds. The lowest BCUT2D eigenvalue weighted by Crippen LogP contribution is -2.44. The van der Waals surface area contributed by atoms with E-state index in [0.717, 1.165) is 34.9 Å². The molecule has 0 fully saturated rings. The van der Waals surface area contributed by atoms with Gasteiger partial charge in [0.25, 0.3) is 5.91 Å². The Morgan fingerprint density at radius 1 is 1.21 bits per heavy atom. The Bertz CT molecular complexity index is 1420. The largest absolute Gasteiger partial charge is 0.487 e. The molecule has 0 spiro atoms. The van der Waals surface area contributed by atoms with Crippen LogP contribution in [-0.2, 0) is 11.2 Å². The van der Waals surface area contributed by atoms with Gasteiger partial charge in [0.05, 0.1) is 12.2 Å². The molecule has 2 aromatic heterocycles. The van der Waals surface area contributed by atoms with Gasteiger partial charge in [-0.05, 0) is 38.8 Å². The van der Waals surface area contributed by atoms with Gasteiger partial charge in [-0.2, -0.15) is 0 Å². The number of nitrogens with zero attached hydrogens (tertiary/aromatic N) is 4. The molecule has 0 aliphatic carbocycles. The van der Waals surface area contributed by atoms with Gasteiger partial charge in [-0.15, -0.1) is 10.2 Å². The highest BCUT2D eigenvalue weighted by molar-refractivity contribution is 7.14. The van der Waals surface area contributed by atoms with Crippen LogP contribution in [0.15, 0.2) is 29.2 Å². The van der Waals surface area contributed by atoms with Crippen LogP contribution >= 0.6 is 11.3 Å². The summed E-state index contributed by atoms with van der Waals surface area (Å²) < 4.78 is 39.9. The smallest absolute Gasteiger partial charge is 0.429 e. The van der Waals surface area contributed by atoms with Crippen molar-refractivity contribution in [1.29, 1.82) is 0 Å². The molecule has 0 aliphatic heterocycles.